The summed E-state index contributed by atoms with van der Waals surface area (Å²) < 4.78 is 7.44. The van der Waals surface area contributed by atoms with Crippen molar-refractivity contribution in [3.8, 4) is 0 Å². The van der Waals surface area contributed by atoms with Crippen LogP contribution in [0.2, 0.25) is 0 Å². The van der Waals surface area contributed by atoms with Gasteiger partial charge in [0.2, 0.25) is 0 Å². The molecule has 0 fully saturated rings. The number of hydrogen-bond acceptors (Lipinski definition) is 3. The number of hydrogen-bond donors (Lipinski definition) is 1. The van der Waals surface area contributed by atoms with Crippen LogP contribution in [-0.4, -0.2) is 29.5 Å². The van der Waals surface area contributed by atoms with E-state index in [4.69, 9.17) is 4.74 Å². The van der Waals surface area contributed by atoms with Gasteiger partial charge in [-0.25, -0.2) is 0 Å². The molecular weight excluding hydrogens is 238 g/mol. The second-order valence-electron chi connectivity index (χ2n) is 4.40. The third kappa shape index (κ3) is 5.68. The van der Waals surface area contributed by atoms with E-state index in [1.165, 1.54) is 5.56 Å². The Labute approximate surface area is 114 Å². The lowest BCUT2D eigenvalue weighted by atomic mass is 10.2. The quantitative estimate of drug-likeness (QED) is 0.701. The molecule has 1 aromatic carbocycles. The predicted molar refractivity (Wildman–Crippen MR) is 75.8 cm³/mol. The zero-order valence-electron chi connectivity index (χ0n) is 11.2. The summed E-state index contributed by atoms with van der Waals surface area (Å²) in [7, 11) is 0. The Bertz CT molecular complexity index is 428. The smallest absolute Gasteiger partial charge is 0.0662 e. The number of benzene rings is 1. The first-order valence-corrected chi connectivity index (χ1v) is 6.75. The Morgan fingerprint density at radius 3 is 2.79 bits per heavy atom. The van der Waals surface area contributed by atoms with Gasteiger partial charge in [0.05, 0.1) is 13.2 Å². The van der Waals surface area contributed by atoms with E-state index >= 15 is 0 Å². The molecule has 19 heavy (non-hydrogen) atoms. The minimum atomic E-state index is 0.723. The standard InChI is InChI=1S/C15H21N3O/c1-2-6-15(7-3-1)14-16-8-5-12-19-13-11-18-10-4-9-17-18/h1-4,6-7,9-10,16H,5,8,11-14H2. The summed E-state index contributed by atoms with van der Waals surface area (Å²) >= 11 is 0. The molecule has 0 atom stereocenters. The normalized spacial score (nSPS) is 10.7. The van der Waals surface area contributed by atoms with Crippen LogP contribution in [0.25, 0.3) is 0 Å². The second-order valence-corrected chi connectivity index (χ2v) is 4.40. The summed E-state index contributed by atoms with van der Waals surface area (Å²) in [5.74, 6) is 0. The van der Waals surface area contributed by atoms with Gasteiger partial charge in [0.25, 0.3) is 0 Å². The largest absolute Gasteiger partial charge is 0.379 e. The van der Waals surface area contributed by atoms with Crippen molar-refractivity contribution in [3.63, 3.8) is 0 Å². The zero-order valence-corrected chi connectivity index (χ0v) is 11.2. The Kier molecular flexibility index (Phi) is 6.13. The van der Waals surface area contributed by atoms with Gasteiger partial charge in [-0.1, -0.05) is 30.3 Å². The summed E-state index contributed by atoms with van der Waals surface area (Å²) in [6.45, 7) is 4.25. The number of nitrogens with one attached hydrogen (secondary N) is 1. The number of aromatic nitrogens is 2. The first-order valence-electron chi connectivity index (χ1n) is 6.75. The van der Waals surface area contributed by atoms with E-state index in [0.29, 0.717) is 0 Å². The van der Waals surface area contributed by atoms with Crippen molar-refractivity contribution in [2.24, 2.45) is 0 Å². The van der Waals surface area contributed by atoms with Crippen molar-refractivity contribution in [1.29, 1.82) is 0 Å². The molecule has 0 aliphatic rings. The minimum Gasteiger partial charge on any atom is -0.379 e. The average Bonchev–Trinajstić information content (AvgIpc) is 2.96. The summed E-state index contributed by atoms with van der Waals surface area (Å²) in [4.78, 5) is 0. The average molecular weight is 259 g/mol. The fraction of sp³-hybridized carbons (Fsp3) is 0.400. The Balaban J connectivity index is 1.42. The molecule has 0 saturated heterocycles. The van der Waals surface area contributed by atoms with Crippen LogP contribution in [0.5, 0.6) is 0 Å². The van der Waals surface area contributed by atoms with E-state index < -0.39 is 0 Å². The molecule has 1 heterocycles. The third-order valence-corrected chi connectivity index (χ3v) is 2.84. The topological polar surface area (TPSA) is 39.1 Å². The Hall–Kier alpha value is -1.65. The maximum absolute atomic E-state index is 5.56. The van der Waals surface area contributed by atoms with Crippen LogP contribution in [0, 0.1) is 0 Å². The monoisotopic (exact) mass is 259 g/mol. The highest BCUT2D eigenvalue weighted by Gasteiger charge is 1.93. The first kappa shape index (κ1) is 13.8. The predicted octanol–water partition coefficient (Wildman–Crippen LogP) is 2.08. The maximum atomic E-state index is 5.56. The molecule has 102 valence electrons. The Morgan fingerprint density at radius 2 is 2.00 bits per heavy atom. The summed E-state index contributed by atoms with van der Waals surface area (Å²) in [6.07, 6.45) is 4.77. The van der Waals surface area contributed by atoms with Gasteiger partial charge < -0.3 is 10.1 Å². The van der Waals surface area contributed by atoms with Crippen LogP contribution in [0.4, 0.5) is 0 Å². The number of nitrogens with zero attached hydrogens (tertiary/aromatic N) is 2. The van der Waals surface area contributed by atoms with Crippen LogP contribution < -0.4 is 5.32 Å². The number of rotatable bonds is 9. The van der Waals surface area contributed by atoms with Crippen molar-refractivity contribution in [3.05, 3.63) is 54.4 Å². The van der Waals surface area contributed by atoms with Gasteiger partial charge in [-0.15, -0.1) is 0 Å². The van der Waals surface area contributed by atoms with Crippen molar-refractivity contribution in [2.75, 3.05) is 19.8 Å². The van der Waals surface area contributed by atoms with Crippen LogP contribution in [0.3, 0.4) is 0 Å². The lowest BCUT2D eigenvalue weighted by Crippen LogP contribution is -2.17. The van der Waals surface area contributed by atoms with E-state index in [-0.39, 0.29) is 0 Å². The van der Waals surface area contributed by atoms with Gasteiger partial charge >= 0.3 is 0 Å². The molecule has 2 rings (SSSR count). The van der Waals surface area contributed by atoms with Crippen LogP contribution in [-0.2, 0) is 17.8 Å². The summed E-state index contributed by atoms with van der Waals surface area (Å²) in [6, 6.07) is 12.4. The maximum Gasteiger partial charge on any atom is 0.0662 e. The molecule has 1 N–H and O–H groups in total. The van der Waals surface area contributed by atoms with Gasteiger partial charge in [0.1, 0.15) is 0 Å². The molecule has 0 spiro atoms. The molecule has 0 unspecified atom stereocenters. The highest BCUT2D eigenvalue weighted by atomic mass is 16.5. The molecule has 0 bridgehead atoms. The summed E-state index contributed by atoms with van der Waals surface area (Å²) in [5, 5.41) is 7.53. The van der Waals surface area contributed by atoms with Crippen molar-refractivity contribution in [1.82, 2.24) is 15.1 Å². The van der Waals surface area contributed by atoms with Gasteiger partial charge in [0.15, 0.2) is 0 Å². The van der Waals surface area contributed by atoms with Crippen molar-refractivity contribution >= 4 is 0 Å². The molecular formula is C15H21N3O. The lowest BCUT2D eigenvalue weighted by Gasteiger charge is -2.06. The van der Waals surface area contributed by atoms with Crippen molar-refractivity contribution < 1.29 is 4.74 Å². The van der Waals surface area contributed by atoms with Crippen molar-refractivity contribution in [2.45, 2.75) is 19.5 Å². The van der Waals surface area contributed by atoms with E-state index in [9.17, 15) is 0 Å². The van der Waals surface area contributed by atoms with Crippen LogP contribution >= 0.6 is 0 Å². The number of ether oxygens (including phenoxy) is 1. The zero-order chi connectivity index (χ0) is 13.2. The second kappa shape index (κ2) is 8.45. The highest BCUT2D eigenvalue weighted by Crippen LogP contribution is 1.97. The lowest BCUT2D eigenvalue weighted by molar-refractivity contribution is 0.121. The third-order valence-electron chi connectivity index (χ3n) is 2.84. The summed E-state index contributed by atoms with van der Waals surface area (Å²) in [5.41, 5.74) is 1.32. The molecule has 0 amide bonds. The molecule has 0 saturated carbocycles. The molecule has 4 nitrogen and oxygen atoms in total. The molecule has 2 aromatic rings. The molecule has 1 aromatic heterocycles. The van der Waals surface area contributed by atoms with Gasteiger partial charge in [0, 0.05) is 25.5 Å². The van der Waals surface area contributed by atoms with Gasteiger partial charge in [-0.3, -0.25) is 4.68 Å². The fourth-order valence-corrected chi connectivity index (χ4v) is 1.82. The van der Waals surface area contributed by atoms with E-state index in [2.05, 4.69) is 34.7 Å². The van der Waals surface area contributed by atoms with E-state index in [0.717, 1.165) is 39.3 Å². The molecule has 0 radical (unpaired) electrons. The van der Waals surface area contributed by atoms with Crippen LogP contribution in [0.15, 0.2) is 48.8 Å². The highest BCUT2D eigenvalue weighted by molar-refractivity contribution is 5.14. The minimum absolute atomic E-state index is 0.723. The fourth-order valence-electron chi connectivity index (χ4n) is 1.82. The SMILES string of the molecule is c1ccc(CNCCCOCCn2cccn2)cc1. The molecule has 4 heteroatoms. The van der Waals surface area contributed by atoms with Crippen LogP contribution in [0.1, 0.15) is 12.0 Å². The van der Waals surface area contributed by atoms with Gasteiger partial charge in [-0.2, -0.15) is 5.10 Å². The first-order chi connectivity index (χ1) is 9.45. The molecule has 0 aliphatic heterocycles. The van der Waals surface area contributed by atoms with E-state index in [1.807, 2.05) is 23.0 Å². The van der Waals surface area contributed by atoms with Gasteiger partial charge in [-0.05, 0) is 24.6 Å². The van der Waals surface area contributed by atoms with E-state index in [1.54, 1.807) is 6.20 Å². The molecule has 0 aliphatic carbocycles. The Morgan fingerprint density at radius 1 is 1.11 bits per heavy atom.